The largest absolute Gasteiger partial charge is 0.480 e. The van der Waals surface area contributed by atoms with E-state index in [0.717, 1.165) is 13.0 Å². The molecular formula is C11H19N3O2. The third kappa shape index (κ3) is 3.56. The highest BCUT2D eigenvalue weighted by Gasteiger charge is 2.08. The van der Waals surface area contributed by atoms with E-state index in [9.17, 15) is 4.79 Å². The van der Waals surface area contributed by atoms with Crippen molar-refractivity contribution >= 4 is 5.91 Å². The molecule has 90 valence electrons. The summed E-state index contributed by atoms with van der Waals surface area (Å²) in [5.74, 6) is 0.622. The first kappa shape index (κ1) is 12.5. The Balaban J connectivity index is 2.39. The van der Waals surface area contributed by atoms with Gasteiger partial charge in [-0.1, -0.05) is 6.92 Å². The summed E-state index contributed by atoms with van der Waals surface area (Å²) in [5.41, 5.74) is 0. The molecule has 0 radical (unpaired) electrons. The summed E-state index contributed by atoms with van der Waals surface area (Å²) in [6.45, 7) is 5.64. The summed E-state index contributed by atoms with van der Waals surface area (Å²) in [5, 5.41) is 4.12. The van der Waals surface area contributed by atoms with Gasteiger partial charge in [-0.15, -0.1) is 0 Å². The van der Waals surface area contributed by atoms with Crippen LogP contribution in [0.5, 0.6) is 5.75 Å². The number of ether oxygens (including phenoxy) is 1. The SMILES string of the molecule is CCCn1cc(OCC(=O)N(C)CC)cn1. The summed E-state index contributed by atoms with van der Waals surface area (Å²) in [6, 6.07) is 0. The monoisotopic (exact) mass is 225 g/mol. The van der Waals surface area contributed by atoms with Crippen LogP contribution in [0.3, 0.4) is 0 Å². The molecule has 16 heavy (non-hydrogen) atoms. The number of hydrogen-bond acceptors (Lipinski definition) is 3. The smallest absolute Gasteiger partial charge is 0.260 e. The Bertz CT molecular complexity index is 336. The molecule has 0 N–H and O–H groups in total. The van der Waals surface area contributed by atoms with Gasteiger partial charge in [0.05, 0.1) is 12.4 Å². The number of carbonyl (C=O) groups is 1. The van der Waals surface area contributed by atoms with Gasteiger partial charge in [0.2, 0.25) is 0 Å². The van der Waals surface area contributed by atoms with Crippen LogP contribution in [-0.4, -0.2) is 40.8 Å². The fourth-order valence-corrected chi connectivity index (χ4v) is 1.20. The summed E-state index contributed by atoms with van der Waals surface area (Å²) in [7, 11) is 1.76. The van der Waals surface area contributed by atoms with Gasteiger partial charge in [-0.2, -0.15) is 5.10 Å². The molecule has 1 aromatic rings. The standard InChI is InChI=1S/C11H19N3O2/c1-4-6-14-8-10(7-12-14)16-9-11(15)13(3)5-2/h7-8H,4-6,9H2,1-3H3. The normalized spacial score (nSPS) is 10.2. The number of nitrogens with zero attached hydrogens (tertiary/aromatic N) is 3. The van der Waals surface area contributed by atoms with Crippen LogP contribution in [0.25, 0.3) is 0 Å². The topological polar surface area (TPSA) is 47.4 Å². The van der Waals surface area contributed by atoms with Crippen molar-refractivity contribution in [3.05, 3.63) is 12.4 Å². The van der Waals surface area contributed by atoms with E-state index < -0.39 is 0 Å². The maximum Gasteiger partial charge on any atom is 0.260 e. The number of carbonyl (C=O) groups excluding carboxylic acids is 1. The van der Waals surface area contributed by atoms with Gasteiger partial charge in [0.15, 0.2) is 12.4 Å². The molecule has 0 aromatic carbocycles. The third-order valence-corrected chi connectivity index (χ3v) is 2.32. The summed E-state index contributed by atoms with van der Waals surface area (Å²) < 4.78 is 7.15. The number of rotatable bonds is 6. The molecule has 0 fully saturated rings. The molecule has 0 atom stereocenters. The molecule has 0 aliphatic carbocycles. The minimum atomic E-state index is -0.0225. The van der Waals surface area contributed by atoms with Crippen molar-refractivity contribution in [1.82, 2.24) is 14.7 Å². The van der Waals surface area contributed by atoms with Crippen molar-refractivity contribution in [2.45, 2.75) is 26.8 Å². The second-order valence-corrected chi connectivity index (χ2v) is 3.64. The lowest BCUT2D eigenvalue weighted by Gasteiger charge is -2.13. The number of amides is 1. The van der Waals surface area contributed by atoms with Crippen LogP contribution in [0.4, 0.5) is 0 Å². The highest BCUT2D eigenvalue weighted by molar-refractivity contribution is 5.77. The van der Waals surface area contributed by atoms with Crippen LogP contribution in [0.15, 0.2) is 12.4 Å². The molecule has 1 heterocycles. The Morgan fingerprint density at radius 1 is 1.56 bits per heavy atom. The molecule has 0 saturated carbocycles. The molecule has 5 nitrogen and oxygen atoms in total. The van der Waals surface area contributed by atoms with Gasteiger partial charge in [0.1, 0.15) is 0 Å². The van der Waals surface area contributed by atoms with E-state index in [2.05, 4.69) is 12.0 Å². The maximum atomic E-state index is 11.5. The van der Waals surface area contributed by atoms with Crippen molar-refractivity contribution in [1.29, 1.82) is 0 Å². The Morgan fingerprint density at radius 3 is 2.94 bits per heavy atom. The molecular weight excluding hydrogens is 206 g/mol. The van der Waals surface area contributed by atoms with Crippen molar-refractivity contribution in [2.24, 2.45) is 0 Å². The molecule has 0 bridgehead atoms. The van der Waals surface area contributed by atoms with Gasteiger partial charge in [-0.3, -0.25) is 9.48 Å². The number of aromatic nitrogens is 2. The summed E-state index contributed by atoms with van der Waals surface area (Å²) >= 11 is 0. The molecule has 1 amide bonds. The predicted molar refractivity (Wildman–Crippen MR) is 61.3 cm³/mol. The molecule has 5 heteroatoms. The minimum Gasteiger partial charge on any atom is -0.480 e. The fraction of sp³-hybridized carbons (Fsp3) is 0.636. The van der Waals surface area contributed by atoms with E-state index in [-0.39, 0.29) is 12.5 Å². The fourth-order valence-electron chi connectivity index (χ4n) is 1.20. The van der Waals surface area contributed by atoms with E-state index in [0.29, 0.717) is 12.3 Å². The van der Waals surface area contributed by atoms with Crippen molar-refractivity contribution in [2.75, 3.05) is 20.2 Å². The molecule has 0 unspecified atom stereocenters. The van der Waals surface area contributed by atoms with Crippen LogP contribution < -0.4 is 4.74 Å². The Morgan fingerprint density at radius 2 is 2.31 bits per heavy atom. The third-order valence-electron chi connectivity index (χ3n) is 2.32. The van der Waals surface area contributed by atoms with Crippen molar-refractivity contribution < 1.29 is 9.53 Å². The van der Waals surface area contributed by atoms with Gasteiger partial charge >= 0.3 is 0 Å². The Labute approximate surface area is 96.0 Å². The van der Waals surface area contributed by atoms with Crippen LogP contribution >= 0.6 is 0 Å². The average Bonchev–Trinajstić information content (AvgIpc) is 2.73. The van der Waals surface area contributed by atoms with E-state index in [1.165, 1.54) is 0 Å². The molecule has 0 aliphatic heterocycles. The second kappa shape index (κ2) is 6.15. The quantitative estimate of drug-likeness (QED) is 0.729. The first-order valence-corrected chi connectivity index (χ1v) is 5.56. The van der Waals surface area contributed by atoms with Gasteiger partial charge < -0.3 is 9.64 Å². The molecule has 0 spiro atoms. The van der Waals surface area contributed by atoms with Crippen molar-refractivity contribution in [3.8, 4) is 5.75 Å². The van der Waals surface area contributed by atoms with E-state index in [1.54, 1.807) is 18.1 Å². The first-order valence-electron chi connectivity index (χ1n) is 5.56. The average molecular weight is 225 g/mol. The van der Waals surface area contributed by atoms with E-state index in [4.69, 9.17) is 4.74 Å². The molecule has 0 aliphatic rings. The van der Waals surface area contributed by atoms with Gasteiger partial charge in [0.25, 0.3) is 5.91 Å². The van der Waals surface area contributed by atoms with E-state index >= 15 is 0 Å². The van der Waals surface area contributed by atoms with Crippen LogP contribution in [-0.2, 0) is 11.3 Å². The highest BCUT2D eigenvalue weighted by atomic mass is 16.5. The van der Waals surface area contributed by atoms with Gasteiger partial charge in [-0.05, 0) is 13.3 Å². The minimum absolute atomic E-state index is 0.0225. The van der Waals surface area contributed by atoms with Gasteiger partial charge in [0, 0.05) is 20.1 Å². The molecule has 1 aromatic heterocycles. The first-order chi connectivity index (χ1) is 7.67. The van der Waals surface area contributed by atoms with Crippen molar-refractivity contribution in [3.63, 3.8) is 0 Å². The zero-order valence-corrected chi connectivity index (χ0v) is 10.1. The Kier molecular flexibility index (Phi) is 4.82. The van der Waals surface area contributed by atoms with Crippen LogP contribution in [0.1, 0.15) is 20.3 Å². The maximum absolute atomic E-state index is 11.5. The zero-order valence-electron chi connectivity index (χ0n) is 10.1. The van der Waals surface area contributed by atoms with Crippen LogP contribution in [0, 0.1) is 0 Å². The van der Waals surface area contributed by atoms with Gasteiger partial charge in [-0.25, -0.2) is 0 Å². The highest BCUT2D eigenvalue weighted by Crippen LogP contribution is 2.08. The van der Waals surface area contributed by atoms with Crippen LogP contribution in [0.2, 0.25) is 0 Å². The predicted octanol–water partition coefficient (Wildman–Crippen LogP) is 1.15. The Hall–Kier alpha value is -1.52. The second-order valence-electron chi connectivity index (χ2n) is 3.64. The molecule has 1 rings (SSSR count). The summed E-state index contributed by atoms with van der Waals surface area (Å²) in [4.78, 5) is 13.1. The summed E-state index contributed by atoms with van der Waals surface area (Å²) in [6.07, 6.45) is 4.47. The lowest BCUT2D eigenvalue weighted by atomic mass is 10.5. The molecule has 0 saturated heterocycles. The number of likely N-dealkylation sites (N-methyl/N-ethyl adjacent to an activating group) is 1. The number of aryl methyl sites for hydroxylation is 1. The number of hydrogen-bond donors (Lipinski definition) is 0. The van der Waals surface area contributed by atoms with E-state index in [1.807, 2.05) is 17.8 Å². The zero-order chi connectivity index (χ0) is 12.0. The lowest BCUT2D eigenvalue weighted by molar-refractivity contribution is -0.131. The lowest BCUT2D eigenvalue weighted by Crippen LogP contribution is -2.30.